The van der Waals surface area contributed by atoms with Gasteiger partial charge in [-0.15, -0.1) is 0 Å². The Morgan fingerprint density at radius 2 is 2.19 bits per heavy atom. The van der Waals surface area contributed by atoms with Crippen molar-refractivity contribution in [2.75, 3.05) is 6.61 Å². The molecule has 16 heavy (non-hydrogen) atoms. The number of aliphatic hydroxyl groups is 1. The zero-order chi connectivity index (χ0) is 11.5. The maximum Gasteiger partial charge on any atom is 0.323 e. The Hall–Kier alpha value is -1.55. The molecule has 0 bridgehead atoms. The first kappa shape index (κ1) is 11.0. The molecule has 0 fully saturated rings. The van der Waals surface area contributed by atoms with Gasteiger partial charge in [0.2, 0.25) is 0 Å². The molecule has 0 spiro atoms. The molecule has 1 unspecified atom stereocenters. The van der Waals surface area contributed by atoms with Crippen LogP contribution in [0.4, 0.5) is 0 Å². The van der Waals surface area contributed by atoms with E-state index in [0.717, 1.165) is 29.4 Å². The van der Waals surface area contributed by atoms with Crippen LogP contribution in [-0.4, -0.2) is 21.7 Å². The van der Waals surface area contributed by atoms with Crippen molar-refractivity contribution in [2.45, 2.75) is 25.7 Å². The monoisotopic (exact) mass is 220 g/mol. The molecule has 0 amide bonds. The predicted molar refractivity (Wildman–Crippen MR) is 63.7 cm³/mol. The minimum Gasteiger partial charge on any atom is -0.396 e. The van der Waals surface area contributed by atoms with E-state index < -0.39 is 0 Å². The second-order valence-electron chi connectivity index (χ2n) is 3.97. The van der Waals surface area contributed by atoms with Crippen LogP contribution in [0.1, 0.15) is 31.2 Å². The number of aromatic nitrogens is 2. The van der Waals surface area contributed by atoms with E-state index in [2.05, 4.69) is 16.9 Å². The van der Waals surface area contributed by atoms with E-state index in [0.29, 0.717) is 5.92 Å². The number of benzene rings is 1. The number of imidazole rings is 1. The van der Waals surface area contributed by atoms with Crippen LogP contribution in [-0.2, 0) is 0 Å². The summed E-state index contributed by atoms with van der Waals surface area (Å²) in [6.07, 6.45) is 1.68. The normalized spacial score (nSPS) is 13.1. The number of fused-ring (bicyclic) bond motifs is 1. The third-order valence-corrected chi connectivity index (χ3v) is 2.99. The fourth-order valence-corrected chi connectivity index (χ4v) is 2.16. The van der Waals surface area contributed by atoms with Gasteiger partial charge in [-0.3, -0.25) is 0 Å². The minimum absolute atomic E-state index is 0.170. The summed E-state index contributed by atoms with van der Waals surface area (Å²) in [5.74, 6) is 0.292. The lowest BCUT2D eigenvalue weighted by Gasteiger charge is -2.14. The summed E-state index contributed by atoms with van der Waals surface area (Å²) in [4.78, 5) is 16.8. The van der Waals surface area contributed by atoms with Crippen molar-refractivity contribution in [3.63, 3.8) is 0 Å². The third-order valence-electron chi connectivity index (χ3n) is 2.99. The average Bonchev–Trinajstić information content (AvgIpc) is 2.66. The smallest absolute Gasteiger partial charge is 0.323 e. The zero-order valence-electron chi connectivity index (χ0n) is 9.29. The van der Waals surface area contributed by atoms with Gasteiger partial charge < -0.3 is 15.1 Å². The van der Waals surface area contributed by atoms with Gasteiger partial charge in [0, 0.05) is 6.61 Å². The number of hydrogen-bond acceptors (Lipinski definition) is 2. The van der Waals surface area contributed by atoms with Crippen LogP contribution in [0.25, 0.3) is 11.0 Å². The second kappa shape index (κ2) is 4.53. The summed E-state index contributed by atoms with van der Waals surface area (Å²) in [5.41, 5.74) is 2.63. The Morgan fingerprint density at radius 3 is 2.88 bits per heavy atom. The second-order valence-corrected chi connectivity index (χ2v) is 3.97. The number of para-hydroxylation sites is 1. The van der Waals surface area contributed by atoms with Crippen molar-refractivity contribution in [1.29, 1.82) is 0 Å². The molecule has 0 aliphatic carbocycles. The van der Waals surface area contributed by atoms with Crippen molar-refractivity contribution in [3.8, 4) is 0 Å². The molecule has 2 rings (SSSR count). The van der Waals surface area contributed by atoms with Crippen LogP contribution in [0.15, 0.2) is 23.0 Å². The zero-order valence-corrected chi connectivity index (χ0v) is 9.29. The van der Waals surface area contributed by atoms with Gasteiger partial charge in [-0.05, 0) is 30.4 Å². The summed E-state index contributed by atoms with van der Waals surface area (Å²) in [6.45, 7) is 2.26. The molecule has 86 valence electrons. The van der Waals surface area contributed by atoms with Crippen LogP contribution in [0.2, 0.25) is 0 Å². The Kier molecular flexibility index (Phi) is 3.10. The van der Waals surface area contributed by atoms with Gasteiger partial charge in [0.25, 0.3) is 0 Å². The highest BCUT2D eigenvalue weighted by Crippen LogP contribution is 2.27. The van der Waals surface area contributed by atoms with Crippen LogP contribution >= 0.6 is 0 Å². The quantitative estimate of drug-likeness (QED) is 0.734. The highest BCUT2D eigenvalue weighted by atomic mass is 16.3. The van der Waals surface area contributed by atoms with Crippen molar-refractivity contribution < 1.29 is 5.11 Å². The molecule has 2 aromatic rings. The summed E-state index contributed by atoms with van der Waals surface area (Å²) < 4.78 is 0. The topological polar surface area (TPSA) is 68.9 Å². The standard InChI is InChI=1S/C12H16N2O2/c1-2-8(6-7-15)9-4-3-5-10-11(9)14-12(16)13-10/h3-5,8,15H,2,6-7H2,1H3,(H2,13,14,16). The first-order valence-electron chi connectivity index (χ1n) is 5.58. The van der Waals surface area contributed by atoms with Crippen molar-refractivity contribution >= 4 is 11.0 Å². The lowest BCUT2D eigenvalue weighted by Crippen LogP contribution is -2.02. The molecule has 0 saturated heterocycles. The molecule has 4 nitrogen and oxygen atoms in total. The van der Waals surface area contributed by atoms with Crippen LogP contribution in [0.3, 0.4) is 0 Å². The van der Waals surface area contributed by atoms with E-state index in [-0.39, 0.29) is 12.3 Å². The molecule has 1 aromatic heterocycles. The van der Waals surface area contributed by atoms with Crippen LogP contribution < -0.4 is 5.69 Å². The largest absolute Gasteiger partial charge is 0.396 e. The highest BCUT2D eigenvalue weighted by molar-refractivity contribution is 5.78. The van der Waals surface area contributed by atoms with E-state index in [1.165, 1.54) is 0 Å². The number of aromatic amines is 2. The third kappa shape index (κ3) is 1.88. The first-order valence-corrected chi connectivity index (χ1v) is 5.58. The van der Waals surface area contributed by atoms with E-state index in [1.807, 2.05) is 18.2 Å². The molecule has 0 saturated carbocycles. The fraction of sp³-hybridized carbons (Fsp3) is 0.417. The fourth-order valence-electron chi connectivity index (χ4n) is 2.16. The predicted octanol–water partition coefficient (Wildman–Crippen LogP) is 1.73. The average molecular weight is 220 g/mol. The molecule has 0 radical (unpaired) electrons. The Bertz CT molecular complexity index is 527. The number of hydrogen-bond donors (Lipinski definition) is 3. The van der Waals surface area contributed by atoms with Crippen molar-refractivity contribution in [1.82, 2.24) is 9.97 Å². The van der Waals surface area contributed by atoms with E-state index in [4.69, 9.17) is 5.11 Å². The molecule has 0 aliphatic heterocycles. The summed E-state index contributed by atoms with van der Waals surface area (Å²) in [5, 5.41) is 9.03. The number of rotatable bonds is 4. The number of H-pyrrole nitrogens is 2. The van der Waals surface area contributed by atoms with E-state index >= 15 is 0 Å². The maximum absolute atomic E-state index is 11.2. The van der Waals surface area contributed by atoms with Gasteiger partial charge in [-0.1, -0.05) is 19.1 Å². The lowest BCUT2D eigenvalue weighted by atomic mass is 9.92. The molecule has 1 heterocycles. The lowest BCUT2D eigenvalue weighted by molar-refractivity contribution is 0.274. The molecule has 4 heteroatoms. The SMILES string of the molecule is CCC(CCO)c1cccc2[nH]c(=O)[nH]c12. The van der Waals surface area contributed by atoms with Gasteiger partial charge in [0.1, 0.15) is 0 Å². The van der Waals surface area contributed by atoms with Crippen molar-refractivity contribution in [2.24, 2.45) is 0 Å². The van der Waals surface area contributed by atoms with Gasteiger partial charge >= 0.3 is 5.69 Å². The molecule has 0 aliphatic rings. The summed E-state index contributed by atoms with van der Waals surface area (Å²) in [7, 11) is 0. The van der Waals surface area contributed by atoms with E-state index in [9.17, 15) is 4.79 Å². The highest BCUT2D eigenvalue weighted by Gasteiger charge is 2.13. The summed E-state index contributed by atoms with van der Waals surface area (Å²) in [6, 6.07) is 5.82. The Morgan fingerprint density at radius 1 is 1.38 bits per heavy atom. The minimum atomic E-state index is -0.179. The van der Waals surface area contributed by atoms with Gasteiger partial charge in [0.15, 0.2) is 0 Å². The summed E-state index contributed by atoms with van der Waals surface area (Å²) >= 11 is 0. The molecule has 1 aromatic carbocycles. The van der Waals surface area contributed by atoms with Gasteiger partial charge in [0.05, 0.1) is 11.0 Å². The van der Waals surface area contributed by atoms with Crippen LogP contribution in [0.5, 0.6) is 0 Å². The molecular weight excluding hydrogens is 204 g/mol. The van der Waals surface area contributed by atoms with Crippen molar-refractivity contribution in [3.05, 3.63) is 34.2 Å². The van der Waals surface area contributed by atoms with E-state index in [1.54, 1.807) is 0 Å². The number of aliphatic hydroxyl groups excluding tert-OH is 1. The molecular formula is C12H16N2O2. The maximum atomic E-state index is 11.2. The molecule has 1 atom stereocenters. The first-order chi connectivity index (χ1) is 7.76. The van der Waals surface area contributed by atoms with Gasteiger partial charge in [-0.2, -0.15) is 0 Å². The Labute approximate surface area is 93.3 Å². The van der Waals surface area contributed by atoms with Crippen LogP contribution in [0, 0.1) is 0 Å². The molecule has 3 N–H and O–H groups in total. The van der Waals surface area contributed by atoms with Gasteiger partial charge in [-0.25, -0.2) is 4.79 Å². The number of nitrogens with one attached hydrogen (secondary N) is 2. The Balaban J connectivity index is 2.53.